The number of nitrogens with zero attached hydrogens (tertiary/aromatic N) is 2. The maximum absolute atomic E-state index is 12.4. The molecule has 0 radical (unpaired) electrons. The molecule has 1 saturated carbocycles. The molecule has 3 N–H and O–H groups in total. The van der Waals surface area contributed by atoms with Crippen LogP contribution in [0.4, 0.5) is 4.79 Å². The molecule has 1 saturated heterocycles. The van der Waals surface area contributed by atoms with Crippen LogP contribution < -0.4 is 11.1 Å². The number of alkyl carbamates (subject to hydrolysis) is 1. The molecule has 2 rings (SSSR count). The molecule has 0 spiro atoms. The number of hydrogen-bond acceptors (Lipinski definition) is 5. The number of nitrogens with one attached hydrogen (secondary N) is 1. The average molecular weight is 369 g/mol. The summed E-state index contributed by atoms with van der Waals surface area (Å²) in [5.41, 5.74) is 5.36. The summed E-state index contributed by atoms with van der Waals surface area (Å²) in [5, 5.41) is 3.04. The predicted molar refractivity (Wildman–Crippen MR) is 102 cm³/mol. The van der Waals surface area contributed by atoms with Crippen LogP contribution in [0.25, 0.3) is 0 Å². The number of likely N-dealkylation sites (tertiary alicyclic amines) is 1. The zero-order chi connectivity index (χ0) is 19.6. The number of amides is 2. The van der Waals surface area contributed by atoms with E-state index < -0.39 is 17.7 Å². The van der Waals surface area contributed by atoms with Crippen LogP contribution >= 0.6 is 0 Å². The highest BCUT2D eigenvalue weighted by atomic mass is 16.6. The minimum atomic E-state index is -0.547. The summed E-state index contributed by atoms with van der Waals surface area (Å²) in [6, 6.07) is 0.255. The molecular formula is C19H36N4O3. The van der Waals surface area contributed by atoms with Gasteiger partial charge in [-0.2, -0.15) is 0 Å². The molecule has 0 aromatic rings. The monoisotopic (exact) mass is 368 g/mol. The Balaban J connectivity index is 2.13. The molecule has 4 atom stereocenters. The van der Waals surface area contributed by atoms with Gasteiger partial charge in [-0.15, -0.1) is 0 Å². The van der Waals surface area contributed by atoms with Crippen molar-refractivity contribution in [3.05, 3.63) is 0 Å². The van der Waals surface area contributed by atoms with Gasteiger partial charge in [0.25, 0.3) is 0 Å². The Hall–Kier alpha value is -1.34. The first-order valence-electron chi connectivity index (χ1n) is 9.77. The van der Waals surface area contributed by atoms with Gasteiger partial charge in [-0.05, 0) is 67.3 Å². The molecular weight excluding hydrogens is 332 g/mol. The van der Waals surface area contributed by atoms with Gasteiger partial charge in [0.2, 0.25) is 5.91 Å². The Morgan fingerprint density at radius 2 is 1.96 bits per heavy atom. The van der Waals surface area contributed by atoms with Crippen LogP contribution in [0.1, 0.15) is 60.3 Å². The van der Waals surface area contributed by atoms with Crippen molar-refractivity contribution in [2.75, 3.05) is 13.6 Å². The molecule has 1 aliphatic carbocycles. The number of hydrogen-bond donors (Lipinski definition) is 2. The van der Waals surface area contributed by atoms with Crippen LogP contribution in [-0.2, 0) is 9.53 Å². The van der Waals surface area contributed by atoms with E-state index in [4.69, 9.17) is 10.5 Å². The maximum atomic E-state index is 12.4. The van der Waals surface area contributed by atoms with E-state index >= 15 is 0 Å². The average Bonchev–Trinajstić information content (AvgIpc) is 2.84. The highest BCUT2D eigenvalue weighted by molar-refractivity contribution is 5.84. The molecule has 0 bridgehead atoms. The van der Waals surface area contributed by atoms with Gasteiger partial charge in [-0.3, -0.25) is 4.79 Å². The third kappa shape index (κ3) is 5.10. The highest BCUT2D eigenvalue weighted by Crippen LogP contribution is 2.30. The molecule has 1 heterocycles. The first-order valence-corrected chi connectivity index (χ1v) is 9.77. The zero-order valence-corrected chi connectivity index (χ0v) is 17.1. The van der Waals surface area contributed by atoms with E-state index in [0.29, 0.717) is 25.0 Å². The third-order valence-corrected chi connectivity index (χ3v) is 5.56. The molecule has 0 unspecified atom stereocenters. The second kappa shape index (κ2) is 8.13. The highest BCUT2D eigenvalue weighted by Gasteiger charge is 2.42. The Bertz CT molecular complexity index is 517. The fraction of sp³-hybridized carbons (Fsp3) is 0.895. The van der Waals surface area contributed by atoms with Crippen molar-refractivity contribution in [1.29, 1.82) is 0 Å². The van der Waals surface area contributed by atoms with Crippen molar-refractivity contribution in [3.63, 3.8) is 0 Å². The summed E-state index contributed by atoms with van der Waals surface area (Å²) in [6.45, 7) is 10.6. The third-order valence-electron chi connectivity index (χ3n) is 5.56. The van der Waals surface area contributed by atoms with Gasteiger partial charge in [0.05, 0.1) is 18.1 Å². The molecule has 0 aromatic carbocycles. The van der Waals surface area contributed by atoms with E-state index in [1.807, 2.05) is 25.7 Å². The van der Waals surface area contributed by atoms with Crippen molar-refractivity contribution in [3.8, 4) is 0 Å². The van der Waals surface area contributed by atoms with E-state index in [0.717, 1.165) is 19.3 Å². The van der Waals surface area contributed by atoms with Crippen molar-refractivity contribution in [1.82, 2.24) is 15.1 Å². The second-order valence-electron chi connectivity index (χ2n) is 8.97. The van der Waals surface area contributed by atoms with E-state index in [-0.39, 0.29) is 18.0 Å². The summed E-state index contributed by atoms with van der Waals surface area (Å²) in [4.78, 5) is 29.0. The number of ether oxygens (including phenoxy) is 1. The summed E-state index contributed by atoms with van der Waals surface area (Å²) >= 11 is 0. The summed E-state index contributed by atoms with van der Waals surface area (Å²) in [6.07, 6.45) is 2.93. The van der Waals surface area contributed by atoms with E-state index in [1.165, 1.54) is 0 Å². The fourth-order valence-corrected chi connectivity index (χ4v) is 3.97. The zero-order valence-electron chi connectivity index (χ0n) is 17.1. The Kier molecular flexibility index (Phi) is 6.55. The SMILES string of the molecule is CC(C)N(C)[C@@H]1CC[C@H](N2CC[C@H](N)C2=O)[C@H](NC(=O)OC(C)(C)C)C1. The van der Waals surface area contributed by atoms with E-state index in [2.05, 4.69) is 31.1 Å². The molecule has 0 aromatic heterocycles. The Morgan fingerprint density at radius 3 is 2.46 bits per heavy atom. The van der Waals surface area contributed by atoms with Crippen LogP contribution in [0.2, 0.25) is 0 Å². The van der Waals surface area contributed by atoms with Crippen LogP contribution in [0.5, 0.6) is 0 Å². The molecule has 2 fully saturated rings. The standard InChI is InChI=1S/C19H36N4O3/c1-12(2)22(6)13-7-8-16(23-10-9-14(20)17(23)24)15(11-13)21-18(25)26-19(3,4)5/h12-16H,7-11,20H2,1-6H3,(H,21,25)/t13-,14+,15-,16+/m1/s1. The van der Waals surface area contributed by atoms with Crippen LogP contribution in [0.15, 0.2) is 0 Å². The lowest BCUT2D eigenvalue weighted by Gasteiger charge is -2.44. The lowest BCUT2D eigenvalue weighted by molar-refractivity contribution is -0.132. The van der Waals surface area contributed by atoms with Crippen LogP contribution in [-0.4, -0.2) is 71.2 Å². The quantitative estimate of drug-likeness (QED) is 0.789. The van der Waals surface area contributed by atoms with Gasteiger partial charge >= 0.3 is 6.09 Å². The van der Waals surface area contributed by atoms with Gasteiger partial charge in [0.15, 0.2) is 0 Å². The van der Waals surface area contributed by atoms with Gasteiger partial charge in [0.1, 0.15) is 5.60 Å². The fourth-order valence-electron chi connectivity index (χ4n) is 3.97. The molecule has 7 heteroatoms. The molecule has 7 nitrogen and oxygen atoms in total. The summed E-state index contributed by atoms with van der Waals surface area (Å²) in [5.74, 6) is 0.00153. The molecule has 2 aliphatic rings. The lowest BCUT2D eigenvalue weighted by atomic mass is 9.84. The van der Waals surface area contributed by atoms with Crippen LogP contribution in [0.3, 0.4) is 0 Å². The Morgan fingerprint density at radius 1 is 1.31 bits per heavy atom. The van der Waals surface area contributed by atoms with Gasteiger partial charge in [-0.25, -0.2) is 4.79 Å². The molecule has 26 heavy (non-hydrogen) atoms. The first kappa shape index (κ1) is 21.0. The lowest BCUT2D eigenvalue weighted by Crippen LogP contribution is -2.59. The molecule has 2 amide bonds. The minimum Gasteiger partial charge on any atom is -0.444 e. The smallest absolute Gasteiger partial charge is 0.407 e. The Labute approximate surface area is 157 Å². The summed E-state index contributed by atoms with van der Waals surface area (Å²) < 4.78 is 5.45. The largest absolute Gasteiger partial charge is 0.444 e. The normalized spacial score (nSPS) is 30.2. The van der Waals surface area contributed by atoms with Gasteiger partial charge < -0.3 is 25.6 Å². The second-order valence-corrected chi connectivity index (χ2v) is 8.97. The number of carbonyl (C=O) groups excluding carboxylic acids is 2. The van der Waals surface area contributed by atoms with Crippen molar-refractivity contribution >= 4 is 12.0 Å². The van der Waals surface area contributed by atoms with Gasteiger partial charge in [0, 0.05) is 18.6 Å². The summed E-state index contributed by atoms with van der Waals surface area (Å²) in [7, 11) is 2.12. The number of rotatable bonds is 4. The maximum Gasteiger partial charge on any atom is 0.407 e. The number of nitrogens with two attached hydrogens (primary N) is 1. The van der Waals surface area contributed by atoms with E-state index in [1.54, 1.807) is 0 Å². The molecule has 150 valence electrons. The minimum absolute atomic E-state index is 0.00153. The number of carbonyl (C=O) groups is 2. The molecule has 1 aliphatic heterocycles. The van der Waals surface area contributed by atoms with Crippen molar-refractivity contribution in [2.45, 2.75) is 96.1 Å². The van der Waals surface area contributed by atoms with Crippen LogP contribution in [0, 0.1) is 0 Å². The topological polar surface area (TPSA) is 87.9 Å². The first-order chi connectivity index (χ1) is 12.0. The van der Waals surface area contributed by atoms with Crippen molar-refractivity contribution < 1.29 is 14.3 Å². The van der Waals surface area contributed by atoms with E-state index in [9.17, 15) is 9.59 Å². The van der Waals surface area contributed by atoms with Gasteiger partial charge in [-0.1, -0.05) is 0 Å². The predicted octanol–water partition coefficient (Wildman–Crippen LogP) is 1.70. The van der Waals surface area contributed by atoms with Crippen molar-refractivity contribution in [2.24, 2.45) is 5.73 Å².